The molecule has 11 heavy (non-hydrogen) atoms. The molecule has 2 aromatic heterocycles. The maximum absolute atomic E-state index is 5.68. The van der Waals surface area contributed by atoms with Crippen molar-refractivity contribution in [1.29, 1.82) is 0 Å². The standard InChI is InChI=1S/C5H4ClN5/c6-3-4-9-10-5(7)11(4)2-1-8-3/h1-2H,(H2,7,10). The molecule has 0 aliphatic rings. The van der Waals surface area contributed by atoms with E-state index in [-0.39, 0.29) is 0 Å². The highest BCUT2D eigenvalue weighted by Crippen LogP contribution is 2.12. The summed E-state index contributed by atoms with van der Waals surface area (Å²) in [7, 11) is 0. The zero-order valence-electron chi connectivity index (χ0n) is 5.40. The Morgan fingerprint density at radius 2 is 2.27 bits per heavy atom. The minimum absolute atomic E-state index is 0.303. The molecule has 0 unspecified atom stereocenters. The summed E-state index contributed by atoms with van der Waals surface area (Å²) in [6, 6.07) is 0. The lowest BCUT2D eigenvalue weighted by molar-refractivity contribution is 1.12. The maximum atomic E-state index is 5.68. The van der Waals surface area contributed by atoms with Crippen molar-refractivity contribution in [2.45, 2.75) is 0 Å². The first-order valence-corrected chi connectivity index (χ1v) is 3.27. The summed E-state index contributed by atoms with van der Waals surface area (Å²) in [6.07, 6.45) is 3.19. The zero-order valence-corrected chi connectivity index (χ0v) is 6.15. The number of anilines is 1. The van der Waals surface area contributed by atoms with Crippen LogP contribution in [0.2, 0.25) is 5.15 Å². The molecule has 56 valence electrons. The van der Waals surface area contributed by atoms with Crippen molar-refractivity contribution in [3.8, 4) is 0 Å². The van der Waals surface area contributed by atoms with Crippen LogP contribution >= 0.6 is 11.6 Å². The average molecular weight is 170 g/mol. The topological polar surface area (TPSA) is 69.1 Å². The van der Waals surface area contributed by atoms with E-state index in [0.29, 0.717) is 16.7 Å². The Labute approximate surface area is 66.8 Å². The van der Waals surface area contributed by atoms with E-state index in [1.807, 2.05) is 0 Å². The van der Waals surface area contributed by atoms with E-state index in [0.717, 1.165) is 0 Å². The van der Waals surface area contributed by atoms with Crippen molar-refractivity contribution < 1.29 is 0 Å². The van der Waals surface area contributed by atoms with Crippen molar-refractivity contribution in [2.24, 2.45) is 0 Å². The second-order valence-corrected chi connectivity index (χ2v) is 2.33. The maximum Gasteiger partial charge on any atom is 0.226 e. The number of nitrogen functional groups attached to an aromatic ring is 1. The fourth-order valence-corrected chi connectivity index (χ4v) is 0.999. The zero-order chi connectivity index (χ0) is 7.84. The van der Waals surface area contributed by atoms with Crippen LogP contribution in [0.1, 0.15) is 0 Å². The van der Waals surface area contributed by atoms with E-state index in [9.17, 15) is 0 Å². The fourth-order valence-electron chi connectivity index (χ4n) is 0.814. The predicted octanol–water partition coefficient (Wildman–Crippen LogP) is 0.360. The molecule has 0 atom stereocenters. The third kappa shape index (κ3) is 0.813. The highest BCUT2D eigenvalue weighted by molar-refractivity contribution is 6.32. The van der Waals surface area contributed by atoms with Crippen LogP contribution in [0.3, 0.4) is 0 Å². The number of hydrogen-bond acceptors (Lipinski definition) is 4. The van der Waals surface area contributed by atoms with Gasteiger partial charge in [0.1, 0.15) is 0 Å². The molecule has 2 aromatic rings. The number of nitrogens with zero attached hydrogens (tertiary/aromatic N) is 4. The summed E-state index contributed by atoms with van der Waals surface area (Å²) in [5.74, 6) is 0.310. The van der Waals surface area contributed by atoms with Gasteiger partial charge in [-0.15, -0.1) is 10.2 Å². The van der Waals surface area contributed by atoms with Gasteiger partial charge in [0.25, 0.3) is 0 Å². The minimum Gasteiger partial charge on any atom is -0.368 e. The van der Waals surface area contributed by atoms with Gasteiger partial charge in [-0.2, -0.15) is 0 Å². The fraction of sp³-hybridized carbons (Fsp3) is 0. The lowest BCUT2D eigenvalue weighted by Gasteiger charge is -1.92. The molecule has 0 fully saturated rings. The second kappa shape index (κ2) is 2.06. The Kier molecular flexibility index (Phi) is 1.19. The van der Waals surface area contributed by atoms with Gasteiger partial charge in [-0.1, -0.05) is 11.6 Å². The van der Waals surface area contributed by atoms with Gasteiger partial charge in [0.2, 0.25) is 5.95 Å². The lowest BCUT2D eigenvalue weighted by atomic mass is 10.7. The molecule has 2 N–H and O–H groups in total. The molecule has 5 nitrogen and oxygen atoms in total. The van der Waals surface area contributed by atoms with Crippen LogP contribution in [0.15, 0.2) is 12.4 Å². The number of aromatic nitrogens is 4. The summed E-state index contributed by atoms with van der Waals surface area (Å²) >= 11 is 5.68. The Morgan fingerprint density at radius 3 is 3.00 bits per heavy atom. The second-order valence-electron chi connectivity index (χ2n) is 1.97. The lowest BCUT2D eigenvalue weighted by Crippen LogP contribution is -1.93. The monoisotopic (exact) mass is 169 g/mol. The molecular formula is C5H4ClN5. The Balaban J connectivity index is 2.94. The quantitative estimate of drug-likeness (QED) is 0.618. The number of fused-ring (bicyclic) bond motifs is 1. The molecule has 0 saturated carbocycles. The van der Waals surface area contributed by atoms with Crippen LogP contribution in [0.4, 0.5) is 5.95 Å². The van der Waals surface area contributed by atoms with Gasteiger partial charge < -0.3 is 5.73 Å². The number of nitrogens with two attached hydrogens (primary N) is 1. The number of hydrogen-bond donors (Lipinski definition) is 1. The molecule has 2 heterocycles. The van der Waals surface area contributed by atoms with Crippen LogP contribution in [0.5, 0.6) is 0 Å². The van der Waals surface area contributed by atoms with Crippen LogP contribution in [0.25, 0.3) is 5.65 Å². The van der Waals surface area contributed by atoms with Crippen molar-refractivity contribution in [2.75, 3.05) is 5.73 Å². The molecule has 6 heteroatoms. The molecule has 0 radical (unpaired) electrons. The Morgan fingerprint density at radius 1 is 1.45 bits per heavy atom. The summed E-state index contributed by atoms with van der Waals surface area (Å²) in [4.78, 5) is 3.81. The SMILES string of the molecule is Nc1nnc2c(Cl)nccn12. The Bertz CT molecular complexity index is 395. The van der Waals surface area contributed by atoms with Crippen LogP contribution in [-0.2, 0) is 0 Å². The van der Waals surface area contributed by atoms with E-state index in [1.165, 1.54) is 6.20 Å². The van der Waals surface area contributed by atoms with E-state index < -0.39 is 0 Å². The molecule has 0 bridgehead atoms. The van der Waals surface area contributed by atoms with E-state index in [1.54, 1.807) is 10.6 Å². The summed E-state index contributed by atoms with van der Waals surface area (Å²) in [6.45, 7) is 0. The molecule has 0 aliphatic heterocycles. The number of halogens is 1. The van der Waals surface area contributed by atoms with Crippen LogP contribution < -0.4 is 5.73 Å². The van der Waals surface area contributed by atoms with Gasteiger partial charge in [0.05, 0.1) is 0 Å². The van der Waals surface area contributed by atoms with Gasteiger partial charge in [-0.25, -0.2) is 4.98 Å². The molecule has 0 spiro atoms. The van der Waals surface area contributed by atoms with E-state index in [2.05, 4.69) is 15.2 Å². The molecule has 0 amide bonds. The summed E-state index contributed by atoms with van der Waals surface area (Å²) in [5, 5.41) is 7.64. The van der Waals surface area contributed by atoms with Gasteiger partial charge in [-0.05, 0) is 0 Å². The van der Waals surface area contributed by atoms with Crippen LogP contribution in [-0.4, -0.2) is 19.6 Å². The first-order chi connectivity index (χ1) is 5.29. The highest BCUT2D eigenvalue weighted by Gasteiger charge is 2.04. The normalized spacial score (nSPS) is 10.6. The largest absolute Gasteiger partial charge is 0.368 e. The van der Waals surface area contributed by atoms with E-state index >= 15 is 0 Å². The third-order valence-electron chi connectivity index (χ3n) is 1.31. The van der Waals surface area contributed by atoms with E-state index in [4.69, 9.17) is 17.3 Å². The van der Waals surface area contributed by atoms with Crippen LogP contribution in [0, 0.1) is 0 Å². The first-order valence-electron chi connectivity index (χ1n) is 2.90. The first kappa shape index (κ1) is 6.36. The predicted molar refractivity (Wildman–Crippen MR) is 40.2 cm³/mol. The molecule has 0 aliphatic carbocycles. The number of rotatable bonds is 0. The molecular weight excluding hydrogens is 166 g/mol. The summed E-state index contributed by atoms with van der Waals surface area (Å²) < 4.78 is 1.56. The highest BCUT2D eigenvalue weighted by atomic mass is 35.5. The summed E-state index contributed by atoms with van der Waals surface area (Å²) in [5.41, 5.74) is 5.93. The van der Waals surface area contributed by atoms with Gasteiger partial charge in [0, 0.05) is 12.4 Å². The van der Waals surface area contributed by atoms with Gasteiger partial charge in [-0.3, -0.25) is 4.40 Å². The molecule has 0 aromatic carbocycles. The van der Waals surface area contributed by atoms with Crippen molar-refractivity contribution >= 4 is 23.2 Å². The van der Waals surface area contributed by atoms with Crippen molar-refractivity contribution in [1.82, 2.24) is 19.6 Å². The third-order valence-corrected chi connectivity index (χ3v) is 1.58. The molecule has 0 saturated heterocycles. The van der Waals surface area contributed by atoms with Crippen molar-refractivity contribution in [3.05, 3.63) is 17.5 Å². The van der Waals surface area contributed by atoms with Gasteiger partial charge in [0.15, 0.2) is 10.8 Å². The Hall–Kier alpha value is -1.36. The van der Waals surface area contributed by atoms with Gasteiger partial charge >= 0.3 is 0 Å². The van der Waals surface area contributed by atoms with Crippen molar-refractivity contribution in [3.63, 3.8) is 0 Å². The molecule has 2 rings (SSSR count). The average Bonchev–Trinajstić information content (AvgIpc) is 2.35. The minimum atomic E-state index is 0.303. The smallest absolute Gasteiger partial charge is 0.226 e.